The second-order valence-electron chi connectivity index (χ2n) is 5.47. The Morgan fingerprint density at radius 1 is 1.18 bits per heavy atom. The molecule has 1 aliphatic rings. The molecule has 0 saturated heterocycles. The van der Waals surface area contributed by atoms with E-state index in [1.54, 1.807) is 12.1 Å². The molecule has 0 spiro atoms. The number of benzene rings is 1. The monoisotopic (exact) mass is 322 g/mol. The van der Waals surface area contributed by atoms with Gasteiger partial charge in [0.25, 0.3) is 5.91 Å². The summed E-state index contributed by atoms with van der Waals surface area (Å²) in [6, 6.07) is 6.21. The summed E-state index contributed by atoms with van der Waals surface area (Å²) >= 11 is 0. The summed E-state index contributed by atoms with van der Waals surface area (Å²) in [6.45, 7) is 3.64. The third-order valence-electron chi connectivity index (χ3n) is 3.78. The van der Waals surface area contributed by atoms with E-state index in [-0.39, 0.29) is 23.4 Å². The zero-order chi connectivity index (χ0) is 16.0. The van der Waals surface area contributed by atoms with Gasteiger partial charge in [0, 0.05) is 18.2 Å². The van der Waals surface area contributed by atoms with E-state index in [0.717, 1.165) is 25.7 Å². The lowest BCUT2D eigenvalue weighted by Crippen LogP contribution is -2.36. The molecule has 0 heterocycles. The number of sulfonamides is 1. The first-order valence-electron chi connectivity index (χ1n) is 7.54. The van der Waals surface area contributed by atoms with Crippen LogP contribution in [0.25, 0.3) is 0 Å². The van der Waals surface area contributed by atoms with Crippen LogP contribution < -0.4 is 10.0 Å². The molecule has 1 aliphatic carbocycles. The van der Waals surface area contributed by atoms with Gasteiger partial charge in [-0.2, -0.15) is 0 Å². The lowest BCUT2D eigenvalue weighted by Gasteiger charge is -2.22. The van der Waals surface area contributed by atoms with E-state index >= 15 is 0 Å². The topological polar surface area (TPSA) is 75.3 Å². The molecule has 120 valence electrons. The Morgan fingerprint density at radius 2 is 1.82 bits per heavy atom. The van der Waals surface area contributed by atoms with Crippen molar-refractivity contribution in [1.82, 2.24) is 10.0 Å². The van der Waals surface area contributed by atoms with Crippen molar-refractivity contribution in [1.29, 1.82) is 0 Å². The summed E-state index contributed by atoms with van der Waals surface area (Å²) in [5.74, 6) is -0.144. The Labute approximate surface area is 131 Å². The molecule has 0 aliphatic heterocycles. The van der Waals surface area contributed by atoms with Crippen molar-refractivity contribution in [2.45, 2.75) is 43.0 Å². The van der Waals surface area contributed by atoms with Gasteiger partial charge in [0.05, 0.1) is 4.90 Å². The highest BCUT2D eigenvalue weighted by atomic mass is 32.2. The van der Waals surface area contributed by atoms with Crippen molar-refractivity contribution < 1.29 is 13.2 Å². The van der Waals surface area contributed by atoms with Gasteiger partial charge < -0.3 is 5.32 Å². The van der Waals surface area contributed by atoms with Crippen molar-refractivity contribution in [2.75, 3.05) is 6.54 Å². The fourth-order valence-electron chi connectivity index (χ4n) is 2.55. The third-order valence-corrected chi connectivity index (χ3v) is 5.22. The van der Waals surface area contributed by atoms with Crippen LogP contribution in [0.3, 0.4) is 0 Å². The van der Waals surface area contributed by atoms with E-state index in [1.807, 2.05) is 0 Å². The molecule has 1 aromatic carbocycles. The maximum Gasteiger partial charge on any atom is 0.251 e. The van der Waals surface area contributed by atoms with Crippen molar-refractivity contribution in [3.05, 3.63) is 42.5 Å². The molecule has 5 nitrogen and oxygen atoms in total. The molecule has 0 atom stereocenters. The van der Waals surface area contributed by atoms with Crippen molar-refractivity contribution in [3.8, 4) is 0 Å². The Bertz CT molecular complexity index is 617. The average Bonchev–Trinajstić information content (AvgIpc) is 2.54. The maximum atomic E-state index is 12.2. The average molecular weight is 322 g/mol. The SMILES string of the molecule is C=CCNS(=O)(=O)c1ccc(C(=O)NC2CCCCC2)cc1. The molecule has 2 N–H and O–H groups in total. The van der Waals surface area contributed by atoms with Crippen LogP contribution in [-0.2, 0) is 10.0 Å². The second-order valence-corrected chi connectivity index (χ2v) is 7.24. The van der Waals surface area contributed by atoms with Gasteiger partial charge in [-0.1, -0.05) is 25.3 Å². The van der Waals surface area contributed by atoms with Crippen molar-refractivity contribution >= 4 is 15.9 Å². The number of carbonyl (C=O) groups excluding carboxylic acids is 1. The molecule has 0 unspecified atom stereocenters. The van der Waals surface area contributed by atoms with Crippen LogP contribution in [0.15, 0.2) is 41.8 Å². The molecule has 0 radical (unpaired) electrons. The Balaban J connectivity index is 2.01. The van der Waals surface area contributed by atoms with Crippen molar-refractivity contribution in [2.24, 2.45) is 0 Å². The molecule has 1 aromatic rings. The van der Waals surface area contributed by atoms with Gasteiger partial charge in [-0.05, 0) is 37.1 Å². The lowest BCUT2D eigenvalue weighted by molar-refractivity contribution is 0.0927. The number of rotatable bonds is 6. The van der Waals surface area contributed by atoms with Crippen LogP contribution in [-0.4, -0.2) is 26.9 Å². The van der Waals surface area contributed by atoms with Gasteiger partial charge in [-0.25, -0.2) is 13.1 Å². The number of hydrogen-bond acceptors (Lipinski definition) is 3. The first kappa shape index (κ1) is 16.7. The van der Waals surface area contributed by atoms with Crippen LogP contribution in [0.2, 0.25) is 0 Å². The summed E-state index contributed by atoms with van der Waals surface area (Å²) in [6.07, 6.45) is 7.04. The van der Waals surface area contributed by atoms with Gasteiger partial charge in [0.2, 0.25) is 10.0 Å². The molecule has 1 saturated carbocycles. The van der Waals surface area contributed by atoms with Crippen LogP contribution in [0.4, 0.5) is 0 Å². The van der Waals surface area contributed by atoms with E-state index in [1.165, 1.54) is 24.6 Å². The fourth-order valence-corrected chi connectivity index (χ4v) is 3.55. The summed E-state index contributed by atoms with van der Waals surface area (Å²) in [4.78, 5) is 12.3. The first-order chi connectivity index (χ1) is 10.5. The predicted molar refractivity (Wildman–Crippen MR) is 86.2 cm³/mol. The number of carbonyl (C=O) groups is 1. The maximum absolute atomic E-state index is 12.2. The number of hydrogen-bond donors (Lipinski definition) is 2. The highest BCUT2D eigenvalue weighted by Gasteiger charge is 2.18. The Hall–Kier alpha value is -1.66. The minimum Gasteiger partial charge on any atom is -0.349 e. The van der Waals surface area contributed by atoms with Gasteiger partial charge in [0.1, 0.15) is 0 Å². The second kappa shape index (κ2) is 7.56. The molecule has 2 rings (SSSR count). The number of amides is 1. The normalized spacial score (nSPS) is 16.2. The van der Waals surface area contributed by atoms with E-state index in [9.17, 15) is 13.2 Å². The summed E-state index contributed by atoms with van der Waals surface area (Å²) in [5, 5.41) is 3.01. The minimum absolute atomic E-state index is 0.142. The quantitative estimate of drug-likeness (QED) is 0.789. The summed E-state index contributed by atoms with van der Waals surface area (Å²) in [5.41, 5.74) is 0.480. The zero-order valence-corrected chi connectivity index (χ0v) is 13.4. The molecule has 1 fully saturated rings. The fraction of sp³-hybridized carbons (Fsp3) is 0.438. The van der Waals surface area contributed by atoms with E-state index < -0.39 is 10.0 Å². The van der Waals surface area contributed by atoms with Crippen LogP contribution >= 0.6 is 0 Å². The molecule has 0 bridgehead atoms. The van der Waals surface area contributed by atoms with E-state index in [0.29, 0.717) is 5.56 Å². The largest absolute Gasteiger partial charge is 0.349 e. The smallest absolute Gasteiger partial charge is 0.251 e. The molecule has 0 aromatic heterocycles. The third kappa shape index (κ3) is 4.42. The van der Waals surface area contributed by atoms with Crippen LogP contribution in [0.5, 0.6) is 0 Å². The Kier molecular flexibility index (Phi) is 5.74. The molecule has 22 heavy (non-hydrogen) atoms. The molecular weight excluding hydrogens is 300 g/mol. The van der Waals surface area contributed by atoms with Gasteiger partial charge in [-0.15, -0.1) is 6.58 Å². The highest BCUT2D eigenvalue weighted by Crippen LogP contribution is 2.18. The standard InChI is InChI=1S/C16H22N2O3S/c1-2-12-17-22(20,21)15-10-8-13(9-11-15)16(19)18-14-6-4-3-5-7-14/h2,8-11,14,17H,1,3-7,12H2,(H,18,19). The molecule has 1 amide bonds. The molecular formula is C16H22N2O3S. The van der Waals surface area contributed by atoms with Gasteiger partial charge in [-0.3, -0.25) is 4.79 Å². The van der Waals surface area contributed by atoms with Gasteiger partial charge in [0.15, 0.2) is 0 Å². The van der Waals surface area contributed by atoms with E-state index in [4.69, 9.17) is 0 Å². The predicted octanol–water partition coefficient (Wildman–Crippen LogP) is 2.21. The highest BCUT2D eigenvalue weighted by molar-refractivity contribution is 7.89. The molecule has 6 heteroatoms. The minimum atomic E-state index is -3.55. The van der Waals surface area contributed by atoms with Crippen molar-refractivity contribution in [3.63, 3.8) is 0 Å². The van der Waals surface area contributed by atoms with Crippen LogP contribution in [0.1, 0.15) is 42.5 Å². The Morgan fingerprint density at radius 3 is 2.41 bits per heavy atom. The number of nitrogens with one attached hydrogen (secondary N) is 2. The zero-order valence-electron chi connectivity index (χ0n) is 12.5. The van der Waals surface area contributed by atoms with Crippen LogP contribution in [0, 0.1) is 0 Å². The summed E-state index contributed by atoms with van der Waals surface area (Å²) in [7, 11) is -3.55. The first-order valence-corrected chi connectivity index (χ1v) is 9.03. The summed E-state index contributed by atoms with van der Waals surface area (Å²) < 4.78 is 26.3. The van der Waals surface area contributed by atoms with E-state index in [2.05, 4.69) is 16.6 Å². The van der Waals surface area contributed by atoms with Gasteiger partial charge >= 0.3 is 0 Å². The lowest BCUT2D eigenvalue weighted by atomic mass is 9.95.